The molecule has 2 N–H and O–H groups in total. The van der Waals surface area contributed by atoms with E-state index in [2.05, 4.69) is 17.2 Å². The van der Waals surface area contributed by atoms with Crippen LogP contribution in [0, 0.1) is 12.8 Å². The van der Waals surface area contributed by atoms with Crippen LogP contribution in [-0.2, 0) is 0 Å². The van der Waals surface area contributed by atoms with Gasteiger partial charge in [0, 0.05) is 24.6 Å². The summed E-state index contributed by atoms with van der Waals surface area (Å²) in [7, 11) is 0. The third kappa shape index (κ3) is 3.19. The third-order valence-electron chi connectivity index (χ3n) is 3.83. The Morgan fingerprint density at radius 2 is 2.18 bits per heavy atom. The average molecular weight is 234 g/mol. The molecule has 1 aliphatic carbocycles. The number of pyridine rings is 1. The van der Waals surface area contributed by atoms with Crippen LogP contribution in [0.3, 0.4) is 0 Å². The summed E-state index contributed by atoms with van der Waals surface area (Å²) in [6, 6.07) is 1.96. The van der Waals surface area contributed by atoms with E-state index in [1.807, 2.05) is 19.2 Å². The average Bonchev–Trinajstić information content (AvgIpc) is 2.33. The molecule has 0 saturated heterocycles. The Hall–Kier alpha value is -1.09. The lowest BCUT2D eigenvalue weighted by molar-refractivity contribution is 0.00500. The molecule has 1 heterocycles. The SMILES string of the molecule is Cc1cnccc1NCC1(O)CCC(C)CC1. The van der Waals surface area contributed by atoms with E-state index in [4.69, 9.17) is 0 Å². The van der Waals surface area contributed by atoms with Crippen LogP contribution in [0.4, 0.5) is 5.69 Å². The summed E-state index contributed by atoms with van der Waals surface area (Å²) >= 11 is 0. The lowest BCUT2D eigenvalue weighted by Gasteiger charge is -2.35. The Morgan fingerprint density at radius 1 is 1.47 bits per heavy atom. The second kappa shape index (κ2) is 5.05. The molecule has 1 aromatic heterocycles. The van der Waals surface area contributed by atoms with Gasteiger partial charge in [-0.3, -0.25) is 4.98 Å². The first-order chi connectivity index (χ1) is 8.09. The van der Waals surface area contributed by atoms with Crippen LogP contribution in [-0.4, -0.2) is 22.2 Å². The molecule has 0 aromatic carbocycles. The Balaban J connectivity index is 1.92. The first-order valence-electron chi connectivity index (χ1n) is 6.46. The molecule has 0 bridgehead atoms. The van der Waals surface area contributed by atoms with Crippen LogP contribution in [0.25, 0.3) is 0 Å². The standard InChI is InChI=1S/C14H22N2O/c1-11-3-6-14(17,7-4-11)10-16-13-5-8-15-9-12(13)2/h5,8-9,11,17H,3-4,6-7,10H2,1-2H3,(H,15,16). The summed E-state index contributed by atoms with van der Waals surface area (Å²) in [6.07, 6.45) is 7.70. The van der Waals surface area contributed by atoms with E-state index >= 15 is 0 Å². The van der Waals surface area contributed by atoms with Crippen molar-refractivity contribution in [1.29, 1.82) is 0 Å². The predicted molar refractivity (Wildman–Crippen MR) is 70.0 cm³/mol. The van der Waals surface area contributed by atoms with Gasteiger partial charge in [-0.15, -0.1) is 0 Å². The van der Waals surface area contributed by atoms with Gasteiger partial charge in [-0.25, -0.2) is 0 Å². The van der Waals surface area contributed by atoms with Crippen LogP contribution in [0.5, 0.6) is 0 Å². The lowest BCUT2D eigenvalue weighted by Crippen LogP contribution is -2.40. The van der Waals surface area contributed by atoms with Crippen LogP contribution in [0.1, 0.15) is 38.2 Å². The fraction of sp³-hybridized carbons (Fsp3) is 0.643. The molecule has 3 nitrogen and oxygen atoms in total. The summed E-state index contributed by atoms with van der Waals surface area (Å²) in [5.41, 5.74) is 1.68. The Labute approximate surface area is 103 Å². The largest absolute Gasteiger partial charge is 0.388 e. The number of aliphatic hydroxyl groups is 1. The number of nitrogens with one attached hydrogen (secondary N) is 1. The number of hydrogen-bond donors (Lipinski definition) is 2. The third-order valence-corrected chi connectivity index (χ3v) is 3.83. The Kier molecular flexibility index (Phi) is 3.67. The fourth-order valence-electron chi connectivity index (χ4n) is 2.41. The van der Waals surface area contributed by atoms with Gasteiger partial charge in [0.1, 0.15) is 0 Å². The Morgan fingerprint density at radius 3 is 2.82 bits per heavy atom. The number of hydrogen-bond acceptors (Lipinski definition) is 3. The van der Waals surface area contributed by atoms with Crippen molar-refractivity contribution in [2.75, 3.05) is 11.9 Å². The van der Waals surface area contributed by atoms with E-state index < -0.39 is 5.60 Å². The molecule has 1 aromatic rings. The van der Waals surface area contributed by atoms with Crippen molar-refractivity contribution in [3.05, 3.63) is 24.0 Å². The van der Waals surface area contributed by atoms with E-state index in [1.165, 1.54) is 0 Å². The van der Waals surface area contributed by atoms with Crippen molar-refractivity contribution >= 4 is 5.69 Å². The quantitative estimate of drug-likeness (QED) is 0.845. The highest BCUT2D eigenvalue weighted by Crippen LogP contribution is 2.32. The summed E-state index contributed by atoms with van der Waals surface area (Å²) in [4.78, 5) is 4.06. The zero-order chi connectivity index (χ0) is 12.3. The maximum Gasteiger partial charge on any atom is 0.0819 e. The molecule has 94 valence electrons. The highest BCUT2D eigenvalue weighted by Gasteiger charge is 2.31. The monoisotopic (exact) mass is 234 g/mol. The van der Waals surface area contributed by atoms with Gasteiger partial charge < -0.3 is 10.4 Å². The van der Waals surface area contributed by atoms with Gasteiger partial charge in [-0.05, 0) is 50.2 Å². The summed E-state index contributed by atoms with van der Waals surface area (Å²) in [6.45, 7) is 4.94. The van der Waals surface area contributed by atoms with Crippen molar-refractivity contribution in [3.8, 4) is 0 Å². The van der Waals surface area contributed by atoms with Gasteiger partial charge in [0.05, 0.1) is 5.60 Å². The van der Waals surface area contributed by atoms with E-state index in [1.54, 1.807) is 6.20 Å². The number of aromatic nitrogens is 1. The molecule has 1 aliphatic rings. The zero-order valence-corrected chi connectivity index (χ0v) is 10.7. The van der Waals surface area contributed by atoms with Crippen molar-refractivity contribution in [2.45, 2.75) is 45.1 Å². The van der Waals surface area contributed by atoms with Crippen LogP contribution in [0.15, 0.2) is 18.5 Å². The normalized spacial score (nSPS) is 29.0. The highest BCUT2D eigenvalue weighted by atomic mass is 16.3. The summed E-state index contributed by atoms with van der Waals surface area (Å²) in [5.74, 6) is 0.762. The van der Waals surface area contributed by atoms with Gasteiger partial charge >= 0.3 is 0 Å². The fourth-order valence-corrected chi connectivity index (χ4v) is 2.41. The van der Waals surface area contributed by atoms with E-state index in [9.17, 15) is 5.11 Å². The molecule has 17 heavy (non-hydrogen) atoms. The van der Waals surface area contributed by atoms with E-state index in [-0.39, 0.29) is 0 Å². The van der Waals surface area contributed by atoms with E-state index in [0.29, 0.717) is 6.54 Å². The van der Waals surface area contributed by atoms with Gasteiger partial charge in [0.2, 0.25) is 0 Å². The molecular formula is C14H22N2O. The minimum Gasteiger partial charge on any atom is -0.388 e. The first-order valence-corrected chi connectivity index (χ1v) is 6.46. The predicted octanol–water partition coefficient (Wildman–Crippen LogP) is 2.74. The minimum atomic E-state index is -0.526. The summed E-state index contributed by atoms with van der Waals surface area (Å²) in [5, 5.41) is 13.8. The molecule has 0 radical (unpaired) electrons. The Bertz CT molecular complexity index is 370. The van der Waals surface area contributed by atoms with Crippen LogP contribution in [0.2, 0.25) is 0 Å². The summed E-state index contributed by atoms with van der Waals surface area (Å²) < 4.78 is 0. The number of anilines is 1. The lowest BCUT2D eigenvalue weighted by atomic mass is 9.79. The smallest absolute Gasteiger partial charge is 0.0819 e. The van der Waals surface area contributed by atoms with Crippen molar-refractivity contribution < 1.29 is 5.11 Å². The van der Waals surface area contributed by atoms with Crippen molar-refractivity contribution in [2.24, 2.45) is 5.92 Å². The number of nitrogens with zero attached hydrogens (tertiary/aromatic N) is 1. The second-order valence-electron chi connectivity index (χ2n) is 5.45. The maximum absolute atomic E-state index is 10.5. The second-order valence-corrected chi connectivity index (χ2v) is 5.45. The molecule has 0 amide bonds. The van der Waals surface area contributed by atoms with Gasteiger partial charge in [-0.1, -0.05) is 6.92 Å². The molecule has 0 spiro atoms. The molecule has 0 unspecified atom stereocenters. The number of aryl methyl sites for hydroxylation is 1. The first kappa shape index (κ1) is 12.4. The topological polar surface area (TPSA) is 45.2 Å². The molecular weight excluding hydrogens is 212 g/mol. The highest BCUT2D eigenvalue weighted by molar-refractivity contribution is 5.48. The molecule has 3 heteroatoms. The van der Waals surface area contributed by atoms with Crippen molar-refractivity contribution in [1.82, 2.24) is 4.98 Å². The maximum atomic E-state index is 10.5. The van der Waals surface area contributed by atoms with Crippen molar-refractivity contribution in [3.63, 3.8) is 0 Å². The molecule has 1 fully saturated rings. The van der Waals surface area contributed by atoms with Gasteiger partial charge in [-0.2, -0.15) is 0 Å². The van der Waals surface area contributed by atoms with Gasteiger partial charge in [0.15, 0.2) is 0 Å². The number of rotatable bonds is 3. The van der Waals surface area contributed by atoms with Crippen LogP contribution >= 0.6 is 0 Å². The minimum absolute atomic E-state index is 0.526. The van der Waals surface area contributed by atoms with Crippen LogP contribution < -0.4 is 5.32 Å². The molecule has 2 rings (SSSR count). The van der Waals surface area contributed by atoms with Gasteiger partial charge in [0.25, 0.3) is 0 Å². The zero-order valence-electron chi connectivity index (χ0n) is 10.7. The van der Waals surface area contributed by atoms with E-state index in [0.717, 1.165) is 42.9 Å². The molecule has 0 atom stereocenters. The molecule has 1 saturated carbocycles. The molecule has 0 aliphatic heterocycles.